The zero-order valence-electron chi connectivity index (χ0n) is 18.8. The summed E-state index contributed by atoms with van der Waals surface area (Å²) in [5.74, 6) is 0.0244. The molecule has 1 N–H and O–H groups in total. The van der Waals surface area contributed by atoms with Crippen molar-refractivity contribution in [2.75, 3.05) is 49.7 Å². The van der Waals surface area contributed by atoms with Gasteiger partial charge in [0, 0.05) is 30.9 Å². The molecule has 1 atom stereocenters. The predicted molar refractivity (Wildman–Crippen MR) is 125 cm³/mol. The van der Waals surface area contributed by atoms with E-state index in [1.54, 1.807) is 24.3 Å². The minimum absolute atomic E-state index is 0.00585. The van der Waals surface area contributed by atoms with E-state index in [-0.39, 0.29) is 40.9 Å². The molecule has 1 amide bonds. The van der Waals surface area contributed by atoms with Crippen LogP contribution in [0, 0.1) is 0 Å². The number of anilines is 1. The summed E-state index contributed by atoms with van der Waals surface area (Å²) in [5.41, 5.74) is 0.542. The van der Waals surface area contributed by atoms with Crippen molar-refractivity contribution in [1.82, 2.24) is 9.21 Å². The molecule has 2 saturated heterocycles. The Morgan fingerprint density at radius 1 is 1.09 bits per heavy atom. The lowest BCUT2D eigenvalue weighted by Crippen LogP contribution is -2.50. The Morgan fingerprint density at radius 2 is 1.82 bits per heavy atom. The van der Waals surface area contributed by atoms with Crippen LogP contribution < -0.4 is 5.32 Å². The van der Waals surface area contributed by atoms with Crippen LogP contribution >= 0.6 is 0 Å². The van der Waals surface area contributed by atoms with Gasteiger partial charge >= 0.3 is 0 Å². The summed E-state index contributed by atoms with van der Waals surface area (Å²) in [6, 6.07) is 6.28. The molecule has 0 spiro atoms. The second kappa shape index (κ2) is 10.3. The standard InChI is InChI=1S/C22H33N3O6S2/c26-22(25(19-6-2-1-3-7-19)20-9-14-32(27,28)17-20)16-23-18-5-4-8-21(15-18)33(29,30)24-10-12-31-13-11-24/h4-5,8,15,19-20,23H,1-3,6-7,9-14,16-17H2/t20-/m0/s1. The first-order chi connectivity index (χ1) is 15.8. The van der Waals surface area contributed by atoms with Gasteiger partial charge in [0.05, 0.1) is 36.2 Å². The molecule has 9 nitrogen and oxygen atoms in total. The number of amides is 1. The largest absolute Gasteiger partial charge is 0.379 e. The first-order valence-corrected chi connectivity index (χ1v) is 15.0. The quantitative estimate of drug-likeness (QED) is 0.604. The summed E-state index contributed by atoms with van der Waals surface area (Å²) in [7, 11) is -6.74. The molecule has 0 bridgehead atoms. The number of benzene rings is 1. The zero-order valence-corrected chi connectivity index (χ0v) is 20.4. The molecule has 0 aromatic heterocycles. The first kappa shape index (κ1) is 24.4. The highest BCUT2D eigenvalue weighted by Gasteiger charge is 2.38. The number of ether oxygens (including phenoxy) is 1. The fourth-order valence-electron chi connectivity index (χ4n) is 5.03. The summed E-state index contributed by atoms with van der Waals surface area (Å²) in [6.45, 7) is 1.38. The van der Waals surface area contributed by atoms with E-state index in [4.69, 9.17) is 4.74 Å². The SMILES string of the molecule is O=C(CNc1cccc(S(=O)(=O)N2CCOCC2)c1)N(C1CCCCC1)[C@H]1CCS(=O)(=O)C1. The summed E-state index contributed by atoms with van der Waals surface area (Å²) in [4.78, 5) is 15.3. The van der Waals surface area contributed by atoms with Crippen LogP contribution in [0.15, 0.2) is 29.2 Å². The molecule has 2 heterocycles. The maximum Gasteiger partial charge on any atom is 0.243 e. The Bertz CT molecular complexity index is 1050. The molecule has 3 fully saturated rings. The zero-order chi connectivity index (χ0) is 23.5. The van der Waals surface area contributed by atoms with Crippen LogP contribution in [0.3, 0.4) is 0 Å². The van der Waals surface area contributed by atoms with E-state index in [1.165, 1.54) is 4.31 Å². The average molecular weight is 500 g/mol. The van der Waals surface area contributed by atoms with Crippen LogP contribution in [0.2, 0.25) is 0 Å². The van der Waals surface area contributed by atoms with Crippen LogP contribution in [-0.2, 0) is 29.4 Å². The molecule has 4 rings (SSSR count). The molecule has 184 valence electrons. The molecule has 3 aliphatic rings. The molecular formula is C22H33N3O6S2. The Kier molecular flexibility index (Phi) is 7.62. The van der Waals surface area contributed by atoms with Crippen LogP contribution in [0.25, 0.3) is 0 Å². The van der Waals surface area contributed by atoms with Gasteiger partial charge in [-0.3, -0.25) is 4.79 Å². The monoisotopic (exact) mass is 499 g/mol. The van der Waals surface area contributed by atoms with Gasteiger partial charge in [-0.25, -0.2) is 16.8 Å². The van der Waals surface area contributed by atoms with Gasteiger partial charge in [0.25, 0.3) is 0 Å². The van der Waals surface area contributed by atoms with Gasteiger partial charge < -0.3 is 15.0 Å². The second-order valence-corrected chi connectivity index (χ2v) is 13.2. The van der Waals surface area contributed by atoms with Crippen molar-refractivity contribution >= 4 is 31.5 Å². The molecule has 1 aromatic rings. The van der Waals surface area contributed by atoms with Crippen molar-refractivity contribution in [2.45, 2.75) is 55.5 Å². The Hall–Kier alpha value is -1.69. The lowest BCUT2D eigenvalue weighted by molar-refractivity contribution is -0.134. The predicted octanol–water partition coefficient (Wildman–Crippen LogP) is 1.47. The number of carbonyl (C=O) groups excluding carboxylic acids is 1. The summed E-state index contributed by atoms with van der Waals surface area (Å²) in [5, 5.41) is 3.08. The van der Waals surface area contributed by atoms with Crippen molar-refractivity contribution in [3.8, 4) is 0 Å². The first-order valence-electron chi connectivity index (χ1n) is 11.7. The Morgan fingerprint density at radius 3 is 2.48 bits per heavy atom. The van der Waals surface area contributed by atoms with Crippen molar-refractivity contribution in [1.29, 1.82) is 0 Å². The molecule has 33 heavy (non-hydrogen) atoms. The number of sulfonamides is 1. The number of rotatable bonds is 7. The molecule has 0 radical (unpaired) electrons. The third kappa shape index (κ3) is 5.87. The minimum atomic E-state index is -3.63. The number of sulfone groups is 1. The van der Waals surface area contributed by atoms with Crippen LogP contribution in [0.4, 0.5) is 5.69 Å². The summed E-state index contributed by atoms with van der Waals surface area (Å²) in [6.07, 6.45) is 5.51. The summed E-state index contributed by atoms with van der Waals surface area (Å²) < 4.78 is 56.7. The second-order valence-electron chi connectivity index (χ2n) is 9.05. The van der Waals surface area contributed by atoms with Crippen LogP contribution in [-0.4, -0.2) is 88.4 Å². The maximum absolute atomic E-state index is 13.3. The van der Waals surface area contributed by atoms with E-state index in [9.17, 15) is 21.6 Å². The van der Waals surface area contributed by atoms with Crippen LogP contribution in [0.5, 0.6) is 0 Å². The number of hydrogen-bond donors (Lipinski definition) is 1. The molecule has 1 aromatic carbocycles. The van der Waals surface area contributed by atoms with E-state index in [2.05, 4.69) is 5.32 Å². The highest BCUT2D eigenvalue weighted by molar-refractivity contribution is 7.91. The van der Waals surface area contributed by atoms with Gasteiger partial charge in [-0.15, -0.1) is 0 Å². The highest BCUT2D eigenvalue weighted by atomic mass is 32.2. The smallest absolute Gasteiger partial charge is 0.243 e. The lowest BCUT2D eigenvalue weighted by Gasteiger charge is -2.38. The highest BCUT2D eigenvalue weighted by Crippen LogP contribution is 2.29. The summed E-state index contributed by atoms with van der Waals surface area (Å²) >= 11 is 0. The number of hydrogen-bond acceptors (Lipinski definition) is 7. The van der Waals surface area contributed by atoms with Gasteiger partial charge in [-0.2, -0.15) is 4.31 Å². The van der Waals surface area contributed by atoms with Gasteiger partial charge in [-0.1, -0.05) is 25.3 Å². The number of nitrogens with one attached hydrogen (secondary N) is 1. The van der Waals surface area contributed by atoms with Crippen molar-refractivity contribution in [3.63, 3.8) is 0 Å². The third-order valence-electron chi connectivity index (χ3n) is 6.74. The molecule has 1 saturated carbocycles. The maximum atomic E-state index is 13.3. The fraction of sp³-hybridized carbons (Fsp3) is 0.682. The molecule has 0 unspecified atom stereocenters. The van der Waals surface area contributed by atoms with E-state index >= 15 is 0 Å². The molecule has 2 aliphatic heterocycles. The number of carbonyl (C=O) groups is 1. The van der Waals surface area contributed by atoms with Gasteiger partial charge in [0.15, 0.2) is 9.84 Å². The fourth-order valence-corrected chi connectivity index (χ4v) is 8.20. The Balaban J connectivity index is 1.45. The van der Waals surface area contributed by atoms with Gasteiger partial charge in [0.2, 0.25) is 15.9 Å². The normalized spacial score (nSPS) is 24.4. The average Bonchev–Trinajstić information content (AvgIpc) is 3.18. The minimum Gasteiger partial charge on any atom is -0.379 e. The Labute approximate surface area is 196 Å². The molecule has 11 heteroatoms. The van der Waals surface area contributed by atoms with E-state index in [1.807, 2.05) is 4.90 Å². The molecular weight excluding hydrogens is 466 g/mol. The third-order valence-corrected chi connectivity index (χ3v) is 10.4. The lowest BCUT2D eigenvalue weighted by atomic mass is 9.93. The van der Waals surface area contributed by atoms with E-state index in [0.717, 1.165) is 32.1 Å². The van der Waals surface area contributed by atoms with Crippen molar-refractivity contribution in [3.05, 3.63) is 24.3 Å². The van der Waals surface area contributed by atoms with Crippen LogP contribution in [0.1, 0.15) is 38.5 Å². The van der Waals surface area contributed by atoms with Gasteiger partial charge in [-0.05, 0) is 37.5 Å². The van der Waals surface area contributed by atoms with E-state index < -0.39 is 19.9 Å². The van der Waals surface area contributed by atoms with E-state index in [0.29, 0.717) is 38.4 Å². The van der Waals surface area contributed by atoms with Crippen molar-refractivity contribution < 1.29 is 26.4 Å². The number of morpholine rings is 1. The molecule has 1 aliphatic carbocycles. The van der Waals surface area contributed by atoms with Crippen molar-refractivity contribution in [2.24, 2.45) is 0 Å². The van der Waals surface area contributed by atoms with Gasteiger partial charge in [0.1, 0.15) is 0 Å². The number of nitrogens with zero attached hydrogens (tertiary/aromatic N) is 2. The topological polar surface area (TPSA) is 113 Å².